The van der Waals surface area contributed by atoms with Crippen LogP contribution in [-0.2, 0) is 0 Å². The van der Waals surface area contributed by atoms with Crippen molar-refractivity contribution >= 4 is 23.1 Å². The van der Waals surface area contributed by atoms with Gasteiger partial charge in [-0.1, -0.05) is 6.42 Å². The van der Waals surface area contributed by atoms with E-state index in [1.54, 1.807) is 11.3 Å². The van der Waals surface area contributed by atoms with E-state index in [9.17, 15) is 5.11 Å². The first-order valence-electron chi connectivity index (χ1n) is 4.97. The number of rotatable bonds is 3. The molecule has 1 atom stereocenters. The molecule has 0 aromatic carbocycles. The summed E-state index contributed by atoms with van der Waals surface area (Å²) in [4.78, 5) is 2.42. The van der Waals surface area contributed by atoms with Crippen LogP contribution in [0.3, 0.4) is 0 Å². The number of aryl methyl sites for hydroxylation is 1. The molecule has 0 aliphatic heterocycles. The molecule has 1 fully saturated rings. The maximum absolute atomic E-state index is 10.3. The quantitative estimate of drug-likeness (QED) is 0.856. The molecule has 0 saturated heterocycles. The maximum atomic E-state index is 10.3. The highest BCUT2D eigenvalue weighted by Crippen LogP contribution is 2.52. The summed E-state index contributed by atoms with van der Waals surface area (Å²) in [6.07, 6.45) is 5.44. The fraction of sp³-hybridized carbons (Fsp3) is 0.636. The number of thiophene rings is 1. The van der Waals surface area contributed by atoms with Gasteiger partial charge in [0.05, 0.1) is 0 Å². The van der Waals surface area contributed by atoms with E-state index in [0.717, 1.165) is 17.7 Å². The minimum Gasteiger partial charge on any atom is -0.386 e. The molecular formula is C11H16OS2. The summed E-state index contributed by atoms with van der Waals surface area (Å²) >= 11 is 3.55. The van der Waals surface area contributed by atoms with Crippen molar-refractivity contribution < 1.29 is 5.11 Å². The first-order valence-corrected chi connectivity index (χ1v) is 7.02. The maximum Gasteiger partial charge on any atom is 0.103 e. The second-order valence-corrected chi connectivity index (χ2v) is 6.51. The summed E-state index contributed by atoms with van der Waals surface area (Å²) in [6.45, 7) is 2.09. The van der Waals surface area contributed by atoms with Gasteiger partial charge in [0.15, 0.2) is 0 Å². The van der Waals surface area contributed by atoms with E-state index in [2.05, 4.69) is 25.3 Å². The average Bonchev–Trinajstić information content (AvgIpc) is 2.50. The number of aliphatic hydroxyl groups excluding tert-OH is 1. The Balaban J connectivity index is 2.18. The van der Waals surface area contributed by atoms with E-state index in [-0.39, 0.29) is 10.9 Å². The molecule has 78 valence electrons. The Bertz CT molecular complexity index is 309. The van der Waals surface area contributed by atoms with Crippen molar-refractivity contribution in [1.29, 1.82) is 0 Å². The Morgan fingerprint density at radius 1 is 1.50 bits per heavy atom. The van der Waals surface area contributed by atoms with Crippen LogP contribution in [0.5, 0.6) is 0 Å². The van der Waals surface area contributed by atoms with Gasteiger partial charge in [0.25, 0.3) is 0 Å². The third-order valence-corrected chi connectivity index (χ3v) is 5.63. The van der Waals surface area contributed by atoms with Gasteiger partial charge in [-0.15, -0.1) is 11.3 Å². The van der Waals surface area contributed by atoms with E-state index in [4.69, 9.17) is 0 Å². The largest absolute Gasteiger partial charge is 0.386 e. The van der Waals surface area contributed by atoms with Gasteiger partial charge in [0.1, 0.15) is 6.10 Å². The highest BCUT2D eigenvalue weighted by molar-refractivity contribution is 8.00. The fourth-order valence-corrected chi connectivity index (χ4v) is 4.08. The van der Waals surface area contributed by atoms with Crippen LogP contribution in [-0.4, -0.2) is 16.1 Å². The van der Waals surface area contributed by atoms with Gasteiger partial charge >= 0.3 is 0 Å². The number of hydrogen-bond acceptors (Lipinski definition) is 3. The zero-order valence-electron chi connectivity index (χ0n) is 8.62. The first kappa shape index (κ1) is 10.5. The van der Waals surface area contributed by atoms with Crippen molar-refractivity contribution in [3.8, 4) is 0 Å². The summed E-state index contributed by atoms with van der Waals surface area (Å²) in [5.74, 6) is 0. The second kappa shape index (κ2) is 3.87. The Hall–Kier alpha value is 0.01000. The average molecular weight is 228 g/mol. The Kier molecular flexibility index (Phi) is 2.91. The molecule has 0 spiro atoms. The normalized spacial score (nSPS) is 21.6. The monoisotopic (exact) mass is 228 g/mol. The smallest absolute Gasteiger partial charge is 0.103 e. The van der Waals surface area contributed by atoms with Gasteiger partial charge in [0.2, 0.25) is 0 Å². The van der Waals surface area contributed by atoms with Gasteiger partial charge in [-0.2, -0.15) is 11.8 Å². The molecule has 1 nitrogen and oxygen atoms in total. The molecule has 1 aromatic heterocycles. The molecule has 0 bridgehead atoms. The molecule has 1 aliphatic rings. The van der Waals surface area contributed by atoms with E-state index < -0.39 is 0 Å². The van der Waals surface area contributed by atoms with Crippen molar-refractivity contribution in [3.63, 3.8) is 0 Å². The van der Waals surface area contributed by atoms with E-state index >= 15 is 0 Å². The SMILES string of the molecule is CSC1(C(O)c2ccc(C)s2)CCC1. The Labute approximate surface area is 93.5 Å². The Morgan fingerprint density at radius 3 is 2.57 bits per heavy atom. The topological polar surface area (TPSA) is 20.2 Å². The van der Waals surface area contributed by atoms with Crippen LogP contribution in [0.15, 0.2) is 12.1 Å². The van der Waals surface area contributed by atoms with Crippen molar-refractivity contribution in [2.45, 2.75) is 37.0 Å². The van der Waals surface area contributed by atoms with Crippen molar-refractivity contribution in [3.05, 3.63) is 21.9 Å². The molecule has 1 heterocycles. The highest BCUT2D eigenvalue weighted by Gasteiger charge is 2.43. The minimum absolute atomic E-state index is 0.122. The molecule has 1 N–H and O–H groups in total. The van der Waals surface area contributed by atoms with E-state index in [0.29, 0.717) is 0 Å². The van der Waals surface area contributed by atoms with Crippen LogP contribution in [0.1, 0.15) is 35.1 Å². The standard InChI is InChI=1S/C11H16OS2/c1-8-4-5-9(14-8)10(12)11(13-2)6-3-7-11/h4-5,10,12H,3,6-7H2,1-2H3. The van der Waals surface area contributed by atoms with Gasteiger partial charge < -0.3 is 5.11 Å². The lowest BCUT2D eigenvalue weighted by Gasteiger charge is -2.43. The lowest BCUT2D eigenvalue weighted by molar-refractivity contribution is 0.0907. The summed E-state index contributed by atoms with van der Waals surface area (Å²) in [6, 6.07) is 4.16. The molecule has 3 heteroatoms. The van der Waals surface area contributed by atoms with Gasteiger partial charge in [-0.05, 0) is 38.2 Å². The molecule has 0 amide bonds. The molecule has 1 unspecified atom stereocenters. The minimum atomic E-state index is -0.259. The molecule has 1 aliphatic carbocycles. The van der Waals surface area contributed by atoms with Crippen LogP contribution in [0.25, 0.3) is 0 Å². The van der Waals surface area contributed by atoms with Crippen LogP contribution >= 0.6 is 23.1 Å². The van der Waals surface area contributed by atoms with Crippen LogP contribution in [0, 0.1) is 6.92 Å². The number of thioether (sulfide) groups is 1. The zero-order chi connectivity index (χ0) is 10.2. The predicted molar refractivity (Wildman–Crippen MR) is 64.1 cm³/mol. The third-order valence-electron chi connectivity index (χ3n) is 3.14. The second-order valence-electron chi connectivity index (χ2n) is 3.97. The molecule has 1 saturated carbocycles. The fourth-order valence-electron chi connectivity index (χ4n) is 1.97. The predicted octanol–water partition coefficient (Wildman–Crippen LogP) is 3.38. The summed E-state index contributed by atoms with van der Waals surface area (Å²) < 4.78 is 0.122. The van der Waals surface area contributed by atoms with Gasteiger partial charge in [-0.25, -0.2) is 0 Å². The zero-order valence-corrected chi connectivity index (χ0v) is 10.3. The summed E-state index contributed by atoms with van der Waals surface area (Å²) in [5.41, 5.74) is 0. The van der Waals surface area contributed by atoms with Crippen LogP contribution in [0.4, 0.5) is 0 Å². The number of hydrogen-bond donors (Lipinski definition) is 1. The van der Waals surface area contributed by atoms with Crippen LogP contribution in [0.2, 0.25) is 0 Å². The lowest BCUT2D eigenvalue weighted by atomic mass is 9.79. The highest BCUT2D eigenvalue weighted by atomic mass is 32.2. The van der Waals surface area contributed by atoms with Crippen molar-refractivity contribution in [2.24, 2.45) is 0 Å². The van der Waals surface area contributed by atoms with Crippen molar-refractivity contribution in [2.75, 3.05) is 6.26 Å². The summed E-state index contributed by atoms with van der Waals surface area (Å²) in [5, 5.41) is 10.3. The van der Waals surface area contributed by atoms with E-state index in [1.165, 1.54) is 11.3 Å². The Morgan fingerprint density at radius 2 is 2.21 bits per heavy atom. The third kappa shape index (κ3) is 1.62. The summed E-state index contributed by atoms with van der Waals surface area (Å²) in [7, 11) is 0. The molecule has 0 radical (unpaired) electrons. The van der Waals surface area contributed by atoms with Crippen molar-refractivity contribution in [1.82, 2.24) is 0 Å². The lowest BCUT2D eigenvalue weighted by Crippen LogP contribution is -2.39. The number of aliphatic hydroxyl groups is 1. The van der Waals surface area contributed by atoms with Gasteiger partial charge in [-0.3, -0.25) is 0 Å². The van der Waals surface area contributed by atoms with E-state index in [1.807, 2.05) is 11.8 Å². The van der Waals surface area contributed by atoms with Crippen LogP contribution < -0.4 is 0 Å². The molecular weight excluding hydrogens is 212 g/mol. The molecule has 1 aromatic rings. The first-order chi connectivity index (χ1) is 6.68. The molecule has 14 heavy (non-hydrogen) atoms. The molecule has 2 rings (SSSR count). The van der Waals surface area contributed by atoms with Gasteiger partial charge in [0, 0.05) is 14.5 Å².